The van der Waals surface area contributed by atoms with Crippen LogP contribution in [0.2, 0.25) is 0 Å². The number of benzene rings is 2. The molecule has 2 rings (SSSR count). The number of rotatable bonds is 7. The lowest BCUT2D eigenvalue weighted by Gasteiger charge is -2.25. The van der Waals surface area contributed by atoms with Gasteiger partial charge < -0.3 is 19.1 Å². The summed E-state index contributed by atoms with van der Waals surface area (Å²) in [5, 5.41) is 0. The number of nitrogens with zero attached hydrogens (tertiary/aromatic N) is 1. The van der Waals surface area contributed by atoms with Gasteiger partial charge in [0.1, 0.15) is 17.2 Å². The zero-order valence-corrected chi connectivity index (χ0v) is 15.9. The van der Waals surface area contributed by atoms with Crippen LogP contribution in [0.15, 0.2) is 48.5 Å². The van der Waals surface area contributed by atoms with Crippen molar-refractivity contribution in [2.75, 3.05) is 28.4 Å². The monoisotopic (exact) mass is 355 g/mol. The van der Waals surface area contributed by atoms with Gasteiger partial charge in [-0.3, -0.25) is 4.79 Å². The van der Waals surface area contributed by atoms with Crippen molar-refractivity contribution in [1.82, 2.24) is 4.90 Å². The van der Waals surface area contributed by atoms with Crippen LogP contribution in [0.25, 0.3) is 6.08 Å². The van der Waals surface area contributed by atoms with Crippen molar-refractivity contribution >= 4 is 12.0 Å². The molecule has 5 heteroatoms. The Morgan fingerprint density at radius 3 is 2.35 bits per heavy atom. The van der Waals surface area contributed by atoms with E-state index in [1.807, 2.05) is 43.3 Å². The third-order valence-electron chi connectivity index (χ3n) is 4.36. The maximum atomic E-state index is 12.6. The molecule has 5 nitrogen and oxygen atoms in total. The van der Waals surface area contributed by atoms with E-state index in [9.17, 15) is 4.79 Å². The van der Waals surface area contributed by atoms with E-state index in [1.165, 1.54) is 6.08 Å². The molecule has 0 bridgehead atoms. The van der Waals surface area contributed by atoms with E-state index in [4.69, 9.17) is 14.2 Å². The van der Waals surface area contributed by atoms with Crippen molar-refractivity contribution in [3.05, 3.63) is 59.7 Å². The molecule has 0 aliphatic rings. The van der Waals surface area contributed by atoms with Gasteiger partial charge in [0.2, 0.25) is 5.91 Å². The van der Waals surface area contributed by atoms with Crippen LogP contribution in [-0.4, -0.2) is 39.2 Å². The third-order valence-corrected chi connectivity index (χ3v) is 4.36. The van der Waals surface area contributed by atoms with Gasteiger partial charge in [0.05, 0.1) is 27.4 Å². The summed E-state index contributed by atoms with van der Waals surface area (Å²) in [6, 6.07) is 13.0. The molecule has 26 heavy (non-hydrogen) atoms. The summed E-state index contributed by atoms with van der Waals surface area (Å²) in [4.78, 5) is 14.3. The summed E-state index contributed by atoms with van der Waals surface area (Å²) >= 11 is 0. The van der Waals surface area contributed by atoms with Crippen LogP contribution >= 0.6 is 0 Å². The van der Waals surface area contributed by atoms with Crippen molar-refractivity contribution < 1.29 is 19.0 Å². The third kappa shape index (κ3) is 4.36. The normalized spacial score (nSPS) is 11.9. The van der Waals surface area contributed by atoms with Crippen molar-refractivity contribution in [2.24, 2.45) is 0 Å². The molecule has 0 N–H and O–H groups in total. The molecule has 1 amide bonds. The minimum atomic E-state index is -0.124. The molecule has 0 aromatic heterocycles. The number of ether oxygens (including phenoxy) is 3. The van der Waals surface area contributed by atoms with E-state index >= 15 is 0 Å². The van der Waals surface area contributed by atoms with E-state index in [0.717, 1.165) is 16.9 Å². The van der Waals surface area contributed by atoms with Gasteiger partial charge in [-0.2, -0.15) is 0 Å². The lowest BCUT2D eigenvalue weighted by molar-refractivity contribution is -0.126. The van der Waals surface area contributed by atoms with Crippen molar-refractivity contribution in [3.8, 4) is 17.2 Å². The van der Waals surface area contributed by atoms with Gasteiger partial charge in [0, 0.05) is 30.3 Å². The first-order valence-corrected chi connectivity index (χ1v) is 8.31. The van der Waals surface area contributed by atoms with E-state index < -0.39 is 0 Å². The summed E-state index contributed by atoms with van der Waals surface area (Å²) < 4.78 is 15.9. The minimum Gasteiger partial charge on any atom is -0.497 e. The summed E-state index contributed by atoms with van der Waals surface area (Å²) in [6.45, 7) is 1.97. The minimum absolute atomic E-state index is 0.110. The fourth-order valence-corrected chi connectivity index (χ4v) is 2.65. The fourth-order valence-electron chi connectivity index (χ4n) is 2.65. The highest BCUT2D eigenvalue weighted by Gasteiger charge is 2.18. The number of methoxy groups -OCH3 is 3. The Bertz CT molecular complexity index is 785. The van der Waals surface area contributed by atoms with E-state index in [1.54, 1.807) is 45.4 Å². The van der Waals surface area contributed by atoms with Gasteiger partial charge >= 0.3 is 0 Å². The molecular weight excluding hydrogens is 330 g/mol. The van der Waals surface area contributed by atoms with Gasteiger partial charge in [-0.05, 0) is 31.2 Å². The fraction of sp³-hybridized carbons (Fsp3) is 0.286. The highest BCUT2D eigenvalue weighted by molar-refractivity contribution is 5.92. The van der Waals surface area contributed by atoms with Crippen LogP contribution < -0.4 is 14.2 Å². The Morgan fingerprint density at radius 1 is 1.00 bits per heavy atom. The van der Waals surface area contributed by atoms with Gasteiger partial charge in [0.15, 0.2) is 0 Å². The molecule has 138 valence electrons. The van der Waals surface area contributed by atoms with E-state index in [0.29, 0.717) is 11.5 Å². The molecule has 0 saturated heterocycles. The molecule has 0 aliphatic heterocycles. The molecule has 0 saturated carbocycles. The second kappa shape index (κ2) is 8.94. The van der Waals surface area contributed by atoms with Crippen LogP contribution in [0.5, 0.6) is 17.2 Å². The molecule has 1 unspecified atom stereocenters. The van der Waals surface area contributed by atoms with E-state index in [2.05, 4.69) is 0 Å². The molecule has 1 atom stereocenters. The first-order chi connectivity index (χ1) is 12.5. The smallest absolute Gasteiger partial charge is 0.246 e. The largest absolute Gasteiger partial charge is 0.497 e. The number of hydrogen-bond acceptors (Lipinski definition) is 4. The predicted octanol–water partition coefficient (Wildman–Crippen LogP) is 3.95. The summed E-state index contributed by atoms with van der Waals surface area (Å²) in [5.74, 6) is 2.00. The first-order valence-electron chi connectivity index (χ1n) is 8.31. The number of hydrogen-bond donors (Lipinski definition) is 0. The Labute approximate surface area is 154 Å². The maximum absolute atomic E-state index is 12.6. The highest BCUT2D eigenvalue weighted by atomic mass is 16.5. The quantitative estimate of drug-likeness (QED) is 0.706. The Morgan fingerprint density at radius 2 is 1.69 bits per heavy atom. The SMILES string of the molecule is COc1ccc(/C=C/C(=O)N(C)C(C)c2ccccc2OC)c(OC)c1. The molecule has 0 fully saturated rings. The number of carbonyl (C=O) groups is 1. The predicted molar refractivity (Wildman–Crippen MR) is 103 cm³/mol. The highest BCUT2D eigenvalue weighted by Crippen LogP contribution is 2.29. The van der Waals surface area contributed by atoms with E-state index in [-0.39, 0.29) is 11.9 Å². The number of carbonyl (C=O) groups excluding carboxylic acids is 1. The standard InChI is InChI=1S/C21H25NO4/c1-15(18-8-6-7-9-19(18)25-4)22(2)21(23)13-11-16-10-12-17(24-3)14-20(16)26-5/h6-15H,1-5H3/b13-11+. The Balaban J connectivity index is 2.17. The number of para-hydroxylation sites is 1. The topological polar surface area (TPSA) is 48.0 Å². The van der Waals surface area contributed by atoms with Crippen molar-refractivity contribution in [2.45, 2.75) is 13.0 Å². The lowest BCUT2D eigenvalue weighted by Crippen LogP contribution is -2.28. The van der Waals surface area contributed by atoms with Crippen LogP contribution in [0, 0.1) is 0 Å². The maximum Gasteiger partial charge on any atom is 0.246 e. The van der Waals surface area contributed by atoms with Gasteiger partial charge in [-0.15, -0.1) is 0 Å². The summed E-state index contributed by atoms with van der Waals surface area (Å²) in [6.07, 6.45) is 3.28. The summed E-state index contributed by atoms with van der Waals surface area (Å²) in [7, 11) is 6.59. The zero-order valence-electron chi connectivity index (χ0n) is 15.9. The molecular formula is C21H25NO4. The van der Waals surface area contributed by atoms with Crippen LogP contribution in [0.1, 0.15) is 24.1 Å². The molecule has 0 aliphatic carbocycles. The zero-order chi connectivity index (χ0) is 19.1. The second-order valence-electron chi connectivity index (χ2n) is 5.81. The average molecular weight is 355 g/mol. The Hall–Kier alpha value is -2.95. The van der Waals surface area contributed by atoms with Gasteiger partial charge in [-0.1, -0.05) is 18.2 Å². The second-order valence-corrected chi connectivity index (χ2v) is 5.81. The number of likely N-dealkylation sites (N-methyl/N-ethyl adjacent to an activating group) is 1. The summed E-state index contributed by atoms with van der Waals surface area (Å²) in [5.41, 5.74) is 1.77. The van der Waals surface area contributed by atoms with Gasteiger partial charge in [0.25, 0.3) is 0 Å². The van der Waals surface area contributed by atoms with Crippen LogP contribution in [0.4, 0.5) is 0 Å². The Kier molecular flexibility index (Phi) is 6.67. The van der Waals surface area contributed by atoms with Crippen molar-refractivity contribution in [3.63, 3.8) is 0 Å². The lowest BCUT2D eigenvalue weighted by atomic mass is 10.1. The average Bonchev–Trinajstić information content (AvgIpc) is 2.70. The molecule has 0 radical (unpaired) electrons. The first kappa shape index (κ1) is 19.4. The van der Waals surface area contributed by atoms with Crippen molar-refractivity contribution in [1.29, 1.82) is 0 Å². The molecule has 2 aromatic carbocycles. The van der Waals surface area contributed by atoms with Crippen LogP contribution in [-0.2, 0) is 4.79 Å². The molecule has 0 spiro atoms. The molecule has 0 heterocycles. The molecule has 2 aromatic rings. The number of amides is 1. The van der Waals surface area contributed by atoms with Crippen LogP contribution in [0.3, 0.4) is 0 Å². The van der Waals surface area contributed by atoms with Gasteiger partial charge in [-0.25, -0.2) is 0 Å².